The van der Waals surface area contributed by atoms with Crippen LogP contribution in [0.4, 0.5) is 18.9 Å². The van der Waals surface area contributed by atoms with Gasteiger partial charge in [0.15, 0.2) is 0 Å². The molecular formula is C15H19ClF3N. The second-order valence-electron chi connectivity index (χ2n) is 5.37. The lowest BCUT2D eigenvalue weighted by molar-refractivity contribution is -0.137. The highest BCUT2D eigenvalue weighted by Gasteiger charge is 2.36. The topological polar surface area (TPSA) is 3.24 Å². The molecule has 0 amide bonds. The zero-order valence-corrected chi connectivity index (χ0v) is 12.3. The maximum atomic E-state index is 13.2. The van der Waals surface area contributed by atoms with Crippen molar-refractivity contribution in [2.45, 2.75) is 38.2 Å². The summed E-state index contributed by atoms with van der Waals surface area (Å²) in [5, 5.41) is 0. The van der Waals surface area contributed by atoms with Gasteiger partial charge in [-0.3, -0.25) is 0 Å². The van der Waals surface area contributed by atoms with E-state index in [1.807, 2.05) is 4.90 Å². The second kappa shape index (κ2) is 6.25. The van der Waals surface area contributed by atoms with E-state index in [2.05, 4.69) is 6.92 Å². The van der Waals surface area contributed by atoms with Gasteiger partial charge in [-0.1, -0.05) is 19.4 Å². The van der Waals surface area contributed by atoms with Crippen LogP contribution in [0.25, 0.3) is 0 Å². The van der Waals surface area contributed by atoms with E-state index in [1.54, 1.807) is 12.1 Å². The molecule has 20 heavy (non-hydrogen) atoms. The number of hydrogen-bond acceptors (Lipinski definition) is 1. The molecule has 0 saturated carbocycles. The Hall–Kier alpha value is -0.900. The molecule has 0 spiro atoms. The van der Waals surface area contributed by atoms with Crippen molar-refractivity contribution in [3.05, 3.63) is 29.3 Å². The van der Waals surface area contributed by atoms with E-state index in [9.17, 15) is 13.2 Å². The molecule has 0 radical (unpaired) electrons. The Labute approximate surface area is 122 Å². The van der Waals surface area contributed by atoms with Crippen molar-refractivity contribution in [1.29, 1.82) is 0 Å². The van der Waals surface area contributed by atoms with Crippen molar-refractivity contribution in [2.24, 2.45) is 5.92 Å². The van der Waals surface area contributed by atoms with Gasteiger partial charge >= 0.3 is 6.18 Å². The molecule has 0 bridgehead atoms. The Kier molecular flexibility index (Phi) is 4.84. The van der Waals surface area contributed by atoms with Crippen LogP contribution in [-0.2, 0) is 12.1 Å². The lowest BCUT2D eigenvalue weighted by atomic mass is 10.0. The minimum absolute atomic E-state index is 0.0990. The highest BCUT2D eigenvalue weighted by atomic mass is 35.5. The van der Waals surface area contributed by atoms with E-state index in [1.165, 1.54) is 6.07 Å². The van der Waals surface area contributed by atoms with Crippen molar-refractivity contribution in [3.8, 4) is 0 Å². The average molecular weight is 306 g/mol. The molecule has 1 aromatic rings. The minimum Gasteiger partial charge on any atom is -0.371 e. The first-order chi connectivity index (χ1) is 9.45. The third kappa shape index (κ3) is 3.40. The molecule has 0 N–H and O–H groups in total. The molecule has 2 rings (SSSR count). The molecule has 5 heteroatoms. The van der Waals surface area contributed by atoms with Crippen LogP contribution in [0.15, 0.2) is 18.2 Å². The van der Waals surface area contributed by atoms with Crippen molar-refractivity contribution < 1.29 is 13.2 Å². The smallest absolute Gasteiger partial charge is 0.371 e. The predicted octanol–water partition coefficient (Wildman–Crippen LogP) is 5.07. The van der Waals surface area contributed by atoms with Gasteiger partial charge in [0.1, 0.15) is 0 Å². The van der Waals surface area contributed by atoms with Crippen LogP contribution < -0.4 is 4.90 Å². The van der Waals surface area contributed by atoms with Gasteiger partial charge in [-0.15, -0.1) is 11.6 Å². The normalized spacial score (nSPS) is 19.6. The number of rotatable bonds is 4. The summed E-state index contributed by atoms with van der Waals surface area (Å²) in [6, 6.07) is 4.43. The number of anilines is 1. The molecule has 1 heterocycles. The Bertz CT molecular complexity index is 459. The van der Waals surface area contributed by atoms with E-state index in [-0.39, 0.29) is 5.88 Å². The van der Waals surface area contributed by atoms with E-state index < -0.39 is 11.7 Å². The zero-order chi connectivity index (χ0) is 14.8. The van der Waals surface area contributed by atoms with Gasteiger partial charge in [0, 0.05) is 24.7 Å². The Morgan fingerprint density at radius 3 is 2.70 bits per heavy atom. The summed E-state index contributed by atoms with van der Waals surface area (Å²) in [5.74, 6) is 0.607. The summed E-state index contributed by atoms with van der Waals surface area (Å²) in [7, 11) is 0. The number of halogens is 4. The average Bonchev–Trinajstić information content (AvgIpc) is 2.86. The van der Waals surface area contributed by atoms with Crippen LogP contribution >= 0.6 is 11.6 Å². The highest BCUT2D eigenvalue weighted by Crippen LogP contribution is 2.39. The number of nitrogens with zero attached hydrogens (tertiary/aromatic N) is 1. The van der Waals surface area contributed by atoms with E-state index >= 15 is 0 Å². The Balaban J connectivity index is 2.27. The van der Waals surface area contributed by atoms with Crippen LogP contribution in [-0.4, -0.2) is 13.1 Å². The molecule has 0 aromatic heterocycles. The van der Waals surface area contributed by atoms with Crippen LogP contribution in [0, 0.1) is 5.92 Å². The molecule has 0 aliphatic carbocycles. The fourth-order valence-corrected chi connectivity index (χ4v) is 3.03. The summed E-state index contributed by atoms with van der Waals surface area (Å²) in [4.78, 5) is 1.86. The van der Waals surface area contributed by atoms with Crippen LogP contribution in [0.1, 0.15) is 37.3 Å². The van der Waals surface area contributed by atoms with Gasteiger partial charge in [0.2, 0.25) is 0 Å². The van der Waals surface area contributed by atoms with Gasteiger partial charge in [-0.05, 0) is 36.5 Å². The van der Waals surface area contributed by atoms with Gasteiger partial charge in [0.25, 0.3) is 0 Å². The van der Waals surface area contributed by atoms with Gasteiger partial charge in [-0.25, -0.2) is 0 Å². The third-order valence-corrected chi connectivity index (χ3v) is 4.15. The van der Waals surface area contributed by atoms with Crippen molar-refractivity contribution in [2.75, 3.05) is 18.0 Å². The summed E-state index contributed by atoms with van der Waals surface area (Å²) in [5.41, 5.74) is 0.241. The SMILES string of the molecule is CCCC1CCN(c2ccc(CCl)cc2C(F)(F)F)C1. The Morgan fingerprint density at radius 2 is 2.10 bits per heavy atom. The minimum atomic E-state index is -4.33. The zero-order valence-electron chi connectivity index (χ0n) is 11.5. The first kappa shape index (κ1) is 15.5. The maximum absolute atomic E-state index is 13.2. The molecule has 112 valence electrons. The number of hydrogen-bond donors (Lipinski definition) is 0. The molecule has 1 aromatic carbocycles. The van der Waals surface area contributed by atoms with Crippen LogP contribution in [0.5, 0.6) is 0 Å². The number of alkyl halides is 4. The summed E-state index contributed by atoms with van der Waals surface area (Å²) in [6.07, 6.45) is -1.20. The van der Waals surface area contributed by atoms with Gasteiger partial charge in [0.05, 0.1) is 5.56 Å². The first-order valence-electron chi connectivity index (χ1n) is 6.96. The predicted molar refractivity (Wildman–Crippen MR) is 76.2 cm³/mol. The standard InChI is InChI=1S/C15H19ClF3N/c1-2-3-11-6-7-20(10-11)14-5-4-12(9-16)8-13(14)15(17,18)19/h4-5,8,11H,2-3,6-7,9-10H2,1H3. The van der Waals surface area contributed by atoms with Crippen molar-refractivity contribution >= 4 is 17.3 Å². The Morgan fingerprint density at radius 1 is 1.35 bits per heavy atom. The quantitative estimate of drug-likeness (QED) is 0.702. The summed E-state index contributed by atoms with van der Waals surface area (Å²) >= 11 is 5.64. The van der Waals surface area contributed by atoms with Gasteiger partial charge in [-0.2, -0.15) is 13.2 Å². The molecule has 1 aliphatic rings. The molecule has 1 atom stereocenters. The van der Waals surface area contributed by atoms with Crippen molar-refractivity contribution in [3.63, 3.8) is 0 Å². The molecule has 1 saturated heterocycles. The molecule has 1 nitrogen and oxygen atoms in total. The third-order valence-electron chi connectivity index (χ3n) is 3.84. The van der Waals surface area contributed by atoms with Crippen molar-refractivity contribution in [1.82, 2.24) is 0 Å². The van der Waals surface area contributed by atoms with Crippen LogP contribution in [0.3, 0.4) is 0 Å². The summed E-state index contributed by atoms with van der Waals surface area (Å²) < 4.78 is 39.6. The maximum Gasteiger partial charge on any atom is 0.418 e. The fraction of sp³-hybridized carbons (Fsp3) is 0.600. The lowest BCUT2D eigenvalue weighted by Crippen LogP contribution is -2.23. The monoisotopic (exact) mass is 305 g/mol. The molecule has 1 aliphatic heterocycles. The van der Waals surface area contributed by atoms with Gasteiger partial charge < -0.3 is 4.90 Å². The summed E-state index contributed by atoms with van der Waals surface area (Å²) in [6.45, 7) is 3.53. The first-order valence-corrected chi connectivity index (χ1v) is 7.50. The highest BCUT2D eigenvalue weighted by molar-refractivity contribution is 6.17. The van der Waals surface area contributed by atoms with E-state index in [0.717, 1.165) is 25.8 Å². The molecule has 1 fully saturated rings. The molecule has 1 unspecified atom stereocenters. The van der Waals surface area contributed by atoms with E-state index in [0.29, 0.717) is 23.7 Å². The van der Waals surface area contributed by atoms with E-state index in [4.69, 9.17) is 11.6 Å². The van der Waals surface area contributed by atoms with Crippen LogP contribution in [0.2, 0.25) is 0 Å². The molecular weight excluding hydrogens is 287 g/mol. The lowest BCUT2D eigenvalue weighted by Gasteiger charge is -2.24. The number of benzene rings is 1. The largest absolute Gasteiger partial charge is 0.418 e. The fourth-order valence-electron chi connectivity index (χ4n) is 2.86. The second-order valence-corrected chi connectivity index (χ2v) is 5.64.